The number of nitrogens with one attached hydrogen (secondary N) is 1. The molecule has 2 heterocycles. The summed E-state index contributed by atoms with van der Waals surface area (Å²) in [6.07, 6.45) is 3.04. The quantitative estimate of drug-likeness (QED) is 0.424. The highest BCUT2D eigenvalue weighted by Crippen LogP contribution is 2.46. The summed E-state index contributed by atoms with van der Waals surface area (Å²) in [5.74, 6) is -0.878. The standard InChI is InChI=1S/C21H21FN4O4S/c1-3-24-31(29,30)25(2)19-15-5-4-10-23-18(15)20(27)17-16(19)12-26(21(17)28)11-13-6-8-14(22)9-7-13/h4-10,12,24,27-28H,3,11H2,1-2H3. The second-order valence-electron chi connectivity index (χ2n) is 7.06. The first-order valence-corrected chi connectivity index (χ1v) is 11.0. The Bertz CT molecular complexity index is 1380. The Morgan fingerprint density at radius 3 is 2.55 bits per heavy atom. The van der Waals surface area contributed by atoms with Crippen LogP contribution in [0.1, 0.15) is 12.5 Å². The summed E-state index contributed by atoms with van der Waals surface area (Å²) in [7, 11) is -2.49. The van der Waals surface area contributed by atoms with Crippen molar-refractivity contribution < 1.29 is 23.0 Å². The van der Waals surface area contributed by atoms with Crippen molar-refractivity contribution in [2.24, 2.45) is 0 Å². The van der Waals surface area contributed by atoms with Crippen LogP contribution in [0.3, 0.4) is 0 Å². The van der Waals surface area contributed by atoms with Crippen LogP contribution in [0.5, 0.6) is 11.6 Å². The number of hydrogen-bond donors (Lipinski definition) is 3. The molecule has 4 rings (SSSR count). The highest BCUT2D eigenvalue weighted by molar-refractivity contribution is 7.90. The smallest absolute Gasteiger partial charge is 0.301 e. The maximum Gasteiger partial charge on any atom is 0.301 e. The maximum absolute atomic E-state index is 13.2. The van der Waals surface area contributed by atoms with Gasteiger partial charge in [-0.25, -0.2) is 4.39 Å². The molecule has 2 aromatic carbocycles. The van der Waals surface area contributed by atoms with Crippen LogP contribution in [-0.2, 0) is 16.8 Å². The van der Waals surface area contributed by atoms with E-state index in [-0.39, 0.29) is 47.1 Å². The second kappa shape index (κ2) is 7.71. The molecule has 0 aliphatic carbocycles. The van der Waals surface area contributed by atoms with Crippen molar-refractivity contribution >= 4 is 37.6 Å². The molecule has 2 aromatic heterocycles. The van der Waals surface area contributed by atoms with Gasteiger partial charge in [0.15, 0.2) is 5.75 Å². The molecule has 0 unspecified atom stereocenters. The van der Waals surface area contributed by atoms with Gasteiger partial charge in [-0.1, -0.05) is 19.1 Å². The SMILES string of the molecule is CCNS(=O)(=O)N(C)c1c2cccnc2c(O)c2c(O)n(Cc3ccc(F)cc3)cc12. The number of rotatable bonds is 6. The number of aromatic hydroxyl groups is 2. The average molecular weight is 444 g/mol. The van der Waals surface area contributed by atoms with Gasteiger partial charge in [0.2, 0.25) is 5.88 Å². The van der Waals surface area contributed by atoms with Crippen LogP contribution in [0.4, 0.5) is 10.1 Å². The molecule has 0 aliphatic rings. The highest BCUT2D eigenvalue weighted by Gasteiger charge is 2.27. The lowest BCUT2D eigenvalue weighted by Crippen LogP contribution is -2.38. The van der Waals surface area contributed by atoms with Crippen LogP contribution in [-0.4, -0.2) is 41.8 Å². The molecule has 0 bridgehead atoms. The largest absolute Gasteiger partial charge is 0.505 e. The molecule has 8 nitrogen and oxygen atoms in total. The van der Waals surface area contributed by atoms with E-state index in [0.717, 1.165) is 4.31 Å². The molecule has 0 aliphatic heterocycles. The molecule has 31 heavy (non-hydrogen) atoms. The predicted molar refractivity (Wildman–Crippen MR) is 117 cm³/mol. The first-order chi connectivity index (χ1) is 14.7. The summed E-state index contributed by atoms with van der Waals surface area (Å²) in [6.45, 7) is 2.05. The van der Waals surface area contributed by atoms with Gasteiger partial charge in [-0.15, -0.1) is 0 Å². The van der Waals surface area contributed by atoms with Crippen LogP contribution >= 0.6 is 0 Å². The number of aromatic nitrogens is 2. The number of pyridine rings is 1. The number of fused-ring (bicyclic) bond motifs is 2. The Morgan fingerprint density at radius 1 is 1.16 bits per heavy atom. The van der Waals surface area contributed by atoms with Gasteiger partial charge in [-0.3, -0.25) is 9.29 Å². The number of phenolic OH excluding ortho intramolecular Hbond substituents is 1. The molecule has 162 valence electrons. The van der Waals surface area contributed by atoms with Crippen LogP contribution in [0.15, 0.2) is 48.8 Å². The van der Waals surface area contributed by atoms with Crippen molar-refractivity contribution in [3.8, 4) is 11.6 Å². The van der Waals surface area contributed by atoms with E-state index in [1.54, 1.807) is 37.4 Å². The topological polar surface area (TPSA) is 108 Å². The molecule has 0 radical (unpaired) electrons. The first kappa shape index (κ1) is 20.9. The second-order valence-corrected chi connectivity index (χ2v) is 8.85. The minimum Gasteiger partial charge on any atom is -0.505 e. The number of benzene rings is 2. The zero-order valence-corrected chi connectivity index (χ0v) is 17.7. The molecule has 0 atom stereocenters. The van der Waals surface area contributed by atoms with Crippen molar-refractivity contribution in [3.05, 3.63) is 60.2 Å². The molecule has 0 saturated carbocycles. The van der Waals surface area contributed by atoms with Gasteiger partial charge in [0.05, 0.1) is 17.6 Å². The molecule has 3 N–H and O–H groups in total. The maximum atomic E-state index is 13.2. The monoisotopic (exact) mass is 444 g/mol. The van der Waals surface area contributed by atoms with Crippen LogP contribution < -0.4 is 9.03 Å². The summed E-state index contributed by atoms with van der Waals surface area (Å²) < 4.78 is 43.7. The van der Waals surface area contributed by atoms with Gasteiger partial charge in [0.25, 0.3) is 0 Å². The third-order valence-electron chi connectivity index (χ3n) is 5.10. The Labute approximate surface area is 178 Å². The van der Waals surface area contributed by atoms with Gasteiger partial charge in [-0.2, -0.15) is 13.1 Å². The molecule has 0 fully saturated rings. The van der Waals surface area contributed by atoms with Gasteiger partial charge < -0.3 is 14.8 Å². The van der Waals surface area contributed by atoms with Crippen molar-refractivity contribution in [1.82, 2.24) is 14.3 Å². The highest BCUT2D eigenvalue weighted by atomic mass is 32.2. The summed E-state index contributed by atoms with van der Waals surface area (Å²) in [6, 6.07) is 9.09. The van der Waals surface area contributed by atoms with Crippen LogP contribution in [0.25, 0.3) is 21.7 Å². The number of halogens is 1. The summed E-state index contributed by atoms with van der Waals surface area (Å²) in [4.78, 5) is 4.19. The van der Waals surface area contributed by atoms with Crippen LogP contribution in [0.2, 0.25) is 0 Å². The van der Waals surface area contributed by atoms with Gasteiger partial charge in [-0.05, 0) is 29.8 Å². The van der Waals surface area contributed by atoms with E-state index in [0.29, 0.717) is 16.3 Å². The Balaban J connectivity index is 2.00. The molecule has 0 saturated heterocycles. The Morgan fingerprint density at radius 2 is 1.87 bits per heavy atom. The number of phenols is 1. The summed E-state index contributed by atoms with van der Waals surface area (Å²) in [5.41, 5.74) is 1.15. The average Bonchev–Trinajstić information content (AvgIpc) is 3.06. The lowest BCUT2D eigenvalue weighted by atomic mass is 10.1. The van der Waals surface area contributed by atoms with Crippen molar-refractivity contribution in [2.75, 3.05) is 17.9 Å². The minimum atomic E-state index is -3.89. The van der Waals surface area contributed by atoms with E-state index in [1.807, 2.05) is 0 Å². The Hall–Kier alpha value is -3.37. The van der Waals surface area contributed by atoms with Gasteiger partial charge >= 0.3 is 10.2 Å². The van der Waals surface area contributed by atoms with E-state index >= 15 is 0 Å². The van der Waals surface area contributed by atoms with E-state index in [1.165, 1.54) is 29.9 Å². The van der Waals surface area contributed by atoms with Crippen molar-refractivity contribution in [1.29, 1.82) is 0 Å². The fraction of sp³-hybridized carbons (Fsp3) is 0.190. The van der Waals surface area contributed by atoms with Gasteiger partial charge in [0, 0.05) is 36.8 Å². The zero-order valence-electron chi connectivity index (χ0n) is 16.9. The lowest BCUT2D eigenvalue weighted by Gasteiger charge is -2.22. The molecular formula is C21H21FN4O4S. The zero-order chi connectivity index (χ0) is 22.3. The third kappa shape index (κ3) is 3.53. The molecular weight excluding hydrogens is 423 g/mol. The summed E-state index contributed by atoms with van der Waals surface area (Å²) in [5, 5.41) is 22.6. The molecule has 0 amide bonds. The third-order valence-corrected chi connectivity index (χ3v) is 6.65. The number of nitrogens with zero attached hydrogens (tertiary/aromatic N) is 3. The number of anilines is 1. The van der Waals surface area contributed by atoms with E-state index in [4.69, 9.17) is 0 Å². The normalized spacial score (nSPS) is 12.0. The van der Waals surface area contributed by atoms with Gasteiger partial charge in [0.1, 0.15) is 11.3 Å². The van der Waals surface area contributed by atoms with Crippen molar-refractivity contribution in [3.63, 3.8) is 0 Å². The molecule has 10 heteroatoms. The summed E-state index contributed by atoms with van der Waals surface area (Å²) >= 11 is 0. The van der Waals surface area contributed by atoms with E-state index in [2.05, 4.69) is 9.71 Å². The predicted octanol–water partition coefficient (Wildman–Crippen LogP) is 3.08. The van der Waals surface area contributed by atoms with E-state index < -0.39 is 10.2 Å². The number of hydrogen-bond acceptors (Lipinski definition) is 5. The fourth-order valence-corrected chi connectivity index (χ4v) is 4.65. The molecule has 4 aromatic rings. The van der Waals surface area contributed by atoms with E-state index in [9.17, 15) is 23.0 Å². The first-order valence-electron chi connectivity index (χ1n) is 9.54. The Kier molecular flexibility index (Phi) is 5.19. The minimum absolute atomic E-state index is 0.0851. The van der Waals surface area contributed by atoms with Crippen LogP contribution in [0, 0.1) is 5.82 Å². The molecule has 0 spiro atoms. The lowest BCUT2D eigenvalue weighted by molar-refractivity contribution is 0.425. The fourth-order valence-electron chi connectivity index (χ4n) is 3.65. The van der Waals surface area contributed by atoms with Crippen molar-refractivity contribution in [2.45, 2.75) is 13.5 Å².